The molecule has 0 rings (SSSR count). The molecule has 0 spiro atoms. The summed E-state index contributed by atoms with van der Waals surface area (Å²) in [7, 11) is 0. The first kappa shape index (κ1) is 28.0. The average molecular weight is 484 g/mol. The standard InChI is InChI=1S/C12H7F15O3/c1-2-30-4(3-5(28)29)6(13,14)7(15,16)8(17,18)9(19,20)10(21,22)11(23,24)12(25,26)27/h3H,2H2,1H3,(H,28,29)/b4-3-. The second-order valence-electron chi connectivity index (χ2n) is 5.22. The predicted octanol–water partition coefficient (Wildman–Crippen LogP) is 5.37. The van der Waals surface area contributed by atoms with Gasteiger partial charge in [0, 0.05) is 0 Å². The highest BCUT2D eigenvalue weighted by Crippen LogP contribution is 2.63. The zero-order valence-electron chi connectivity index (χ0n) is 13.7. The van der Waals surface area contributed by atoms with E-state index in [2.05, 4.69) is 4.74 Å². The van der Waals surface area contributed by atoms with Crippen molar-refractivity contribution < 1.29 is 80.5 Å². The van der Waals surface area contributed by atoms with E-state index in [1.165, 1.54) is 0 Å². The molecule has 0 aliphatic heterocycles. The van der Waals surface area contributed by atoms with Gasteiger partial charge in [-0.1, -0.05) is 0 Å². The Hall–Kier alpha value is -2.04. The number of halogens is 15. The molecule has 0 heterocycles. The lowest BCUT2D eigenvalue weighted by molar-refractivity contribution is -0.451. The van der Waals surface area contributed by atoms with Crippen LogP contribution in [0, 0.1) is 0 Å². The molecule has 0 aromatic rings. The van der Waals surface area contributed by atoms with Crippen molar-refractivity contribution in [2.45, 2.75) is 48.6 Å². The van der Waals surface area contributed by atoms with Crippen molar-refractivity contribution >= 4 is 5.97 Å². The second-order valence-corrected chi connectivity index (χ2v) is 5.22. The second kappa shape index (κ2) is 7.58. The molecule has 0 amide bonds. The van der Waals surface area contributed by atoms with Gasteiger partial charge in [0.2, 0.25) is 0 Å². The normalized spacial score (nSPS) is 15.9. The zero-order chi connectivity index (χ0) is 24.8. The Labute approximate surface area is 155 Å². The van der Waals surface area contributed by atoms with E-state index in [0.717, 1.165) is 0 Å². The molecule has 0 saturated heterocycles. The molecular formula is C12H7F15O3. The SMILES string of the molecule is CCO/C(=C\C(=O)O)C(F)(F)C(F)(F)C(F)(F)C(F)(F)C(F)(F)C(F)(F)C(F)(F)F. The number of hydrogen-bond donors (Lipinski definition) is 1. The van der Waals surface area contributed by atoms with E-state index in [9.17, 15) is 70.7 Å². The van der Waals surface area contributed by atoms with E-state index < -0.39 is 66.1 Å². The van der Waals surface area contributed by atoms with E-state index in [1.54, 1.807) is 0 Å². The van der Waals surface area contributed by atoms with E-state index in [4.69, 9.17) is 5.11 Å². The van der Waals surface area contributed by atoms with Gasteiger partial charge in [-0.05, 0) is 6.92 Å². The molecule has 0 atom stereocenters. The molecule has 0 bridgehead atoms. The van der Waals surface area contributed by atoms with Crippen LogP contribution in [0.4, 0.5) is 65.9 Å². The minimum atomic E-state index is -8.45. The van der Waals surface area contributed by atoms with Crippen LogP contribution in [0.25, 0.3) is 0 Å². The van der Waals surface area contributed by atoms with Crippen molar-refractivity contribution in [2.75, 3.05) is 6.61 Å². The average Bonchev–Trinajstić information content (AvgIpc) is 2.51. The Morgan fingerprint density at radius 2 is 1.03 bits per heavy atom. The quantitative estimate of drug-likeness (QED) is 0.272. The third kappa shape index (κ3) is 3.83. The van der Waals surface area contributed by atoms with Crippen molar-refractivity contribution in [1.82, 2.24) is 0 Å². The van der Waals surface area contributed by atoms with Crippen LogP contribution >= 0.6 is 0 Å². The first-order chi connectivity index (χ1) is 12.9. The molecule has 0 aliphatic carbocycles. The number of carbonyl (C=O) groups is 1. The third-order valence-corrected chi connectivity index (χ3v) is 3.19. The number of ether oxygens (including phenoxy) is 1. The van der Waals surface area contributed by atoms with Crippen LogP contribution < -0.4 is 0 Å². The van der Waals surface area contributed by atoms with E-state index >= 15 is 0 Å². The van der Waals surface area contributed by atoms with Gasteiger partial charge >= 0.3 is 47.7 Å². The molecule has 18 heteroatoms. The lowest BCUT2D eigenvalue weighted by Gasteiger charge is -2.41. The Morgan fingerprint density at radius 3 is 1.33 bits per heavy atom. The first-order valence-electron chi connectivity index (χ1n) is 6.79. The van der Waals surface area contributed by atoms with Crippen molar-refractivity contribution in [3.63, 3.8) is 0 Å². The lowest BCUT2D eigenvalue weighted by Crippen LogP contribution is -2.72. The fourth-order valence-corrected chi connectivity index (χ4v) is 1.61. The molecule has 0 aliphatic rings. The van der Waals surface area contributed by atoms with Gasteiger partial charge in [-0.2, -0.15) is 65.9 Å². The summed E-state index contributed by atoms with van der Waals surface area (Å²) < 4.78 is 199. The van der Waals surface area contributed by atoms with E-state index in [1.807, 2.05) is 0 Å². The van der Waals surface area contributed by atoms with Gasteiger partial charge < -0.3 is 9.84 Å². The molecule has 1 N–H and O–H groups in total. The maximum atomic E-state index is 13.7. The molecule has 30 heavy (non-hydrogen) atoms. The van der Waals surface area contributed by atoms with Gasteiger partial charge in [0.1, 0.15) is 0 Å². The number of rotatable bonds is 9. The summed E-state index contributed by atoms with van der Waals surface area (Å²) in [5.41, 5.74) is 0. The predicted molar refractivity (Wildman–Crippen MR) is 63.1 cm³/mol. The highest BCUT2D eigenvalue weighted by atomic mass is 19.4. The summed E-state index contributed by atoms with van der Waals surface area (Å²) >= 11 is 0. The van der Waals surface area contributed by atoms with E-state index in [-0.39, 0.29) is 0 Å². The van der Waals surface area contributed by atoms with Crippen molar-refractivity contribution in [3.8, 4) is 0 Å². The number of carboxylic acids is 1. The minimum Gasteiger partial charge on any atom is -0.491 e. The summed E-state index contributed by atoms with van der Waals surface area (Å²) in [5.74, 6) is -53.6. The molecule has 0 unspecified atom stereocenters. The van der Waals surface area contributed by atoms with Gasteiger partial charge in [-0.15, -0.1) is 0 Å². The molecule has 0 aromatic carbocycles. The minimum absolute atomic E-state index is 0.648. The number of allylic oxidation sites excluding steroid dienone is 1. The third-order valence-electron chi connectivity index (χ3n) is 3.19. The summed E-state index contributed by atoms with van der Waals surface area (Å²) in [5, 5.41) is 8.21. The molecule has 0 saturated carbocycles. The first-order valence-corrected chi connectivity index (χ1v) is 6.79. The van der Waals surface area contributed by atoms with Crippen LogP contribution in [-0.2, 0) is 9.53 Å². The Morgan fingerprint density at radius 1 is 0.700 bits per heavy atom. The summed E-state index contributed by atoms with van der Waals surface area (Å²) in [6.45, 7) is -0.566. The van der Waals surface area contributed by atoms with Gasteiger partial charge in [0.15, 0.2) is 5.76 Å². The summed E-state index contributed by atoms with van der Waals surface area (Å²) in [6, 6.07) is 0. The molecule has 0 fully saturated rings. The van der Waals surface area contributed by atoms with Crippen LogP contribution in [0.15, 0.2) is 11.8 Å². The van der Waals surface area contributed by atoms with Gasteiger partial charge in [-0.3, -0.25) is 0 Å². The Bertz CT molecular complexity index is 677. The monoisotopic (exact) mass is 484 g/mol. The Kier molecular flexibility index (Phi) is 7.06. The van der Waals surface area contributed by atoms with Gasteiger partial charge in [0.25, 0.3) is 0 Å². The summed E-state index contributed by atoms with van der Waals surface area (Å²) in [6.07, 6.45) is -8.78. The van der Waals surface area contributed by atoms with Crippen LogP contribution in [0.5, 0.6) is 0 Å². The van der Waals surface area contributed by atoms with Crippen LogP contribution in [0.1, 0.15) is 6.92 Å². The fourth-order valence-electron chi connectivity index (χ4n) is 1.61. The topological polar surface area (TPSA) is 46.5 Å². The highest BCUT2D eigenvalue weighted by Gasteiger charge is 2.93. The van der Waals surface area contributed by atoms with Crippen LogP contribution in [0.3, 0.4) is 0 Å². The summed E-state index contributed by atoms with van der Waals surface area (Å²) in [4.78, 5) is 10.3. The molecule has 178 valence electrons. The molecule has 0 aromatic heterocycles. The Balaban J connectivity index is 6.78. The van der Waals surface area contributed by atoms with Crippen molar-refractivity contribution in [1.29, 1.82) is 0 Å². The number of alkyl halides is 15. The number of carboxylic acid groups (broad SMARTS) is 1. The van der Waals surface area contributed by atoms with Crippen molar-refractivity contribution in [3.05, 3.63) is 11.8 Å². The molecule has 3 nitrogen and oxygen atoms in total. The van der Waals surface area contributed by atoms with Gasteiger partial charge in [-0.25, -0.2) is 4.79 Å². The fraction of sp³-hybridized carbons (Fsp3) is 0.750. The van der Waals surface area contributed by atoms with Crippen molar-refractivity contribution in [2.24, 2.45) is 0 Å². The van der Waals surface area contributed by atoms with Crippen LogP contribution in [0.2, 0.25) is 0 Å². The number of aliphatic carboxylic acids is 1. The zero-order valence-corrected chi connectivity index (χ0v) is 13.7. The molecule has 0 radical (unpaired) electrons. The maximum absolute atomic E-state index is 13.7. The van der Waals surface area contributed by atoms with Crippen LogP contribution in [-0.4, -0.2) is 59.4 Å². The lowest BCUT2D eigenvalue weighted by atomic mass is 9.90. The largest absolute Gasteiger partial charge is 0.491 e. The van der Waals surface area contributed by atoms with E-state index in [0.29, 0.717) is 6.92 Å². The smallest absolute Gasteiger partial charge is 0.460 e. The highest BCUT2D eigenvalue weighted by molar-refractivity contribution is 5.80. The maximum Gasteiger partial charge on any atom is 0.460 e. The molecular weight excluding hydrogens is 477 g/mol. The number of hydrogen-bond acceptors (Lipinski definition) is 2. The van der Waals surface area contributed by atoms with Gasteiger partial charge in [0.05, 0.1) is 12.7 Å².